The topological polar surface area (TPSA) is 70.6 Å². The smallest absolute Gasteiger partial charge is 0.315 e. The molecule has 1 atom stereocenters. The molecule has 22 heavy (non-hydrogen) atoms. The first-order valence-corrected chi connectivity index (χ1v) is 8.08. The van der Waals surface area contributed by atoms with Crippen LogP contribution in [0.5, 0.6) is 0 Å². The quantitative estimate of drug-likeness (QED) is 0.755. The van der Waals surface area contributed by atoms with Crippen molar-refractivity contribution < 1.29 is 14.6 Å². The maximum atomic E-state index is 12.0. The van der Waals surface area contributed by atoms with Gasteiger partial charge in [-0.05, 0) is 38.2 Å². The molecule has 2 rings (SSSR count). The largest absolute Gasteiger partial charge is 0.393 e. The third-order valence-electron chi connectivity index (χ3n) is 4.02. The van der Waals surface area contributed by atoms with E-state index in [1.807, 2.05) is 37.3 Å². The number of hydrogen-bond acceptors (Lipinski definition) is 3. The second-order valence-electron chi connectivity index (χ2n) is 5.71. The van der Waals surface area contributed by atoms with Crippen LogP contribution in [0.3, 0.4) is 0 Å². The van der Waals surface area contributed by atoms with Gasteiger partial charge < -0.3 is 20.5 Å². The number of aliphatic hydroxyl groups excluding tert-OH is 1. The summed E-state index contributed by atoms with van der Waals surface area (Å²) >= 11 is 0. The van der Waals surface area contributed by atoms with E-state index in [0.29, 0.717) is 13.2 Å². The van der Waals surface area contributed by atoms with Crippen LogP contribution < -0.4 is 10.6 Å². The van der Waals surface area contributed by atoms with E-state index < -0.39 is 0 Å². The van der Waals surface area contributed by atoms with Crippen LogP contribution in [0.4, 0.5) is 4.79 Å². The van der Waals surface area contributed by atoms with E-state index in [-0.39, 0.29) is 24.3 Å². The summed E-state index contributed by atoms with van der Waals surface area (Å²) in [4.78, 5) is 12.0. The number of benzene rings is 1. The predicted octanol–water partition coefficient (Wildman–Crippen LogP) is 2.37. The van der Waals surface area contributed by atoms with Gasteiger partial charge in [0.2, 0.25) is 0 Å². The van der Waals surface area contributed by atoms with Gasteiger partial charge in [0.05, 0.1) is 12.2 Å². The Kier molecular flexibility index (Phi) is 6.68. The molecular weight excluding hydrogens is 280 g/mol. The van der Waals surface area contributed by atoms with Gasteiger partial charge in [-0.15, -0.1) is 0 Å². The van der Waals surface area contributed by atoms with E-state index in [1.165, 1.54) is 0 Å². The molecule has 0 saturated heterocycles. The molecule has 1 aliphatic rings. The van der Waals surface area contributed by atoms with Crippen molar-refractivity contribution in [3.63, 3.8) is 0 Å². The highest BCUT2D eigenvalue weighted by atomic mass is 16.5. The molecule has 0 aromatic heterocycles. The minimum Gasteiger partial charge on any atom is -0.393 e. The van der Waals surface area contributed by atoms with E-state index in [2.05, 4.69) is 10.6 Å². The summed E-state index contributed by atoms with van der Waals surface area (Å²) in [6.45, 7) is 2.99. The first-order valence-electron chi connectivity index (χ1n) is 8.08. The number of ether oxygens (including phenoxy) is 1. The fourth-order valence-electron chi connectivity index (χ4n) is 2.78. The normalized spacial score (nSPS) is 22.8. The highest BCUT2D eigenvalue weighted by Gasteiger charge is 2.21. The monoisotopic (exact) mass is 306 g/mol. The summed E-state index contributed by atoms with van der Waals surface area (Å²) in [5.74, 6) is 0. The molecule has 1 aromatic carbocycles. The summed E-state index contributed by atoms with van der Waals surface area (Å²) in [5, 5.41) is 15.3. The van der Waals surface area contributed by atoms with Crippen LogP contribution in [0.1, 0.15) is 44.3 Å². The van der Waals surface area contributed by atoms with Gasteiger partial charge in [-0.3, -0.25) is 0 Å². The molecule has 0 radical (unpaired) electrons. The number of aliphatic hydroxyl groups is 1. The van der Waals surface area contributed by atoms with Crippen molar-refractivity contribution in [1.29, 1.82) is 0 Å². The number of carbonyl (C=O) groups is 1. The van der Waals surface area contributed by atoms with E-state index >= 15 is 0 Å². The Morgan fingerprint density at radius 3 is 2.59 bits per heavy atom. The van der Waals surface area contributed by atoms with Crippen molar-refractivity contribution in [3.05, 3.63) is 35.9 Å². The maximum Gasteiger partial charge on any atom is 0.315 e. The van der Waals surface area contributed by atoms with Gasteiger partial charge in [0.25, 0.3) is 0 Å². The van der Waals surface area contributed by atoms with Crippen molar-refractivity contribution in [2.24, 2.45) is 0 Å². The van der Waals surface area contributed by atoms with Crippen molar-refractivity contribution in [2.75, 3.05) is 13.2 Å². The SMILES string of the molecule is CCO[C@H](CNC(=O)NC1CCC(O)CC1)c1ccccc1. The summed E-state index contributed by atoms with van der Waals surface area (Å²) in [6.07, 6.45) is 2.85. The van der Waals surface area contributed by atoms with Crippen LogP contribution in [0.2, 0.25) is 0 Å². The summed E-state index contributed by atoms with van der Waals surface area (Å²) in [6, 6.07) is 9.89. The Balaban J connectivity index is 1.78. The van der Waals surface area contributed by atoms with Crippen molar-refractivity contribution in [3.8, 4) is 0 Å². The first-order chi connectivity index (χ1) is 10.7. The minimum absolute atomic E-state index is 0.134. The van der Waals surface area contributed by atoms with Crippen molar-refractivity contribution in [1.82, 2.24) is 10.6 Å². The van der Waals surface area contributed by atoms with E-state index in [1.54, 1.807) is 0 Å². The fraction of sp³-hybridized carbons (Fsp3) is 0.588. The molecule has 122 valence electrons. The second-order valence-corrected chi connectivity index (χ2v) is 5.71. The summed E-state index contributed by atoms with van der Waals surface area (Å²) in [5.41, 5.74) is 1.06. The standard InChI is InChI=1S/C17H26N2O3/c1-2-22-16(13-6-4-3-5-7-13)12-18-17(21)19-14-8-10-15(20)11-9-14/h3-7,14-16,20H,2,8-12H2,1H3,(H2,18,19,21)/t14?,15?,16-/m1/s1. The van der Waals surface area contributed by atoms with Crippen molar-refractivity contribution in [2.45, 2.75) is 50.9 Å². The molecule has 5 nitrogen and oxygen atoms in total. The lowest BCUT2D eigenvalue weighted by Gasteiger charge is -2.26. The van der Waals surface area contributed by atoms with Gasteiger partial charge in [0, 0.05) is 19.2 Å². The highest BCUT2D eigenvalue weighted by Crippen LogP contribution is 2.18. The van der Waals surface area contributed by atoms with Gasteiger partial charge in [-0.1, -0.05) is 30.3 Å². The molecule has 1 fully saturated rings. The molecule has 1 aliphatic carbocycles. The Bertz CT molecular complexity index is 444. The zero-order valence-corrected chi connectivity index (χ0v) is 13.1. The Labute approximate surface area is 132 Å². The molecule has 0 heterocycles. The fourth-order valence-corrected chi connectivity index (χ4v) is 2.78. The van der Waals surface area contributed by atoms with Gasteiger partial charge >= 0.3 is 6.03 Å². The zero-order chi connectivity index (χ0) is 15.8. The van der Waals surface area contributed by atoms with Crippen LogP contribution in [0.25, 0.3) is 0 Å². The van der Waals surface area contributed by atoms with Crippen LogP contribution in [-0.2, 0) is 4.74 Å². The number of nitrogens with one attached hydrogen (secondary N) is 2. The third kappa shape index (κ3) is 5.31. The van der Waals surface area contributed by atoms with Gasteiger partial charge in [-0.25, -0.2) is 4.79 Å². The maximum absolute atomic E-state index is 12.0. The number of amides is 2. The average Bonchev–Trinajstić information content (AvgIpc) is 2.54. The van der Waals surface area contributed by atoms with Gasteiger partial charge in [0.15, 0.2) is 0 Å². The molecule has 0 bridgehead atoms. The van der Waals surface area contributed by atoms with Crippen LogP contribution in [0.15, 0.2) is 30.3 Å². The molecule has 0 spiro atoms. The lowest BCUT2D eigenvalue weighted by molar-refractivity contribution is 0.0636. The Morgan fingerprint density at radius 2 is 1.95 bits per heavy atom. The number of urea groups is 1. The Morgan fingerprint density at radius 1 is 1.27 bits per heavy atom. The molecule has 3 N–H and O–H groups in total. The van der Waals surface area contributed by atoms with Gasteiger partial charge in [0.1, 0.15) is 0 Å². The molecule has 5 heteroatoms. The number of rotatable bonds is 6. The van der Waals surface area contributed by atoms with Crippen LogP contribution >= 0.6 is 0 Å². The van der Waals surface area contributed by atoms with Crippen LogP contribution in [0, 0.1) is 0 Å². The number of hydrogen-bond donors (Lipinski definition) is 3. The molecular formula is C17H26N2O3. The molecule has 2 amide bonds. The second kappa shape index (κ2) is 8.76. The van der Waals surface area contributed by atoms with Gasteiger partial charge in [-0.2, -0.15) is 0 Å². The molecule has 1 saturated carbocycles. The predicted molar refractivity (Wildman–Crippen MR) is 85.6 cm³/mol. The van der Waals surface area contributed by atoms with Crippen molar-refractivity contribution >= 4 is 6.03 Å². The minimum atomic E-state index is -0.207. The zero-order valence-electron chi connectivity index (χ0n) is 13.1. The average molecular weight is 306 g/mol. The van der Waals surface area contributed by atoms with E-state index in [4.69, 9.17) is 4.74 Å². The Hall–Kier alpha value is -1.59. The number of carbonyl (C=O) groups excluding carboxylic acids is 1. The molecule has 0 unspecified atom stereocenters. The first kappa shape index (κ1) is 16.8. The van der Waals surface area contributed by atoms with Crippen LogP contribution in [-0.4, -0.2) is 36.4 Å². The lowest BCUT2D eigenvalue weighted by atomic mass is 9.93. The van der Waals surface area contributed by atoms with E-state index in [9.17, 15) is 9.90 Å². The summed E-state index contributed by atoms with van der Waals surface area (Å²) in [7, 11) is 0. The third-order valence-corrected chi connectivity index (χ3v) is 4.02. The lowest BCUT2D eigenvalue weighted by Crippen LogP contribution is -2.45. The molecule has 1 aromatic rings. The van der Waals surface area contributed by atoms with E-state index in [0.717, 1.165) is 31.2 Å². The highest BCUT2D eigenvalue weighted by molar-refractivity contribution is 5.74. The summed E-state index contributed by atoms with van der Waals surface area (Å²) < 4.78 is 5.71. The molecule has 0 aliphatic heterocycles.